The first-order valence-electron chi connectivity index (χ1n) is 17.7. The van der Waals surface area contributed by atoms with Crippen molar-refractivity contribution in [2.24, 2.45) is 0 Å². The number of aromatic nitrogens is 2. The highest BCUT2D eigenvalue weighted by molar-refractivity contribution is 7.27. The van der Waals surface area contributed by atoms with Gasteiger partial charge in [-0.1, -0.05) is 115 Å². The molecule has 4 aromatic heterocycles. The van der Waals surface area contributed by atoms with Gasteiger partial charge < -0.3 is 14.5 Å². The van der Waals surface area contributed by atoms with Crippen molar-refractivity contribution >= 4 is 120 Å². The number of rotatable bonds is 4. The van der Waals surface area contributed by atoms with Crippen LogP contribution in [0.1, 0.15) is 0 Å². The molecule has 0 fully saturated rings. The minimum absolute atomic E-state index is 0.864. The summed E-state index contributed by atoms with van der Waals surface area (Å²) in [5.74, 6) is 0. The smallest absolute Gasteiger partial charge is 0.198 e. The minimum Gasteiger partial charge on any atom is -0.353 e. The van der Waals surface area contributed by atoms with Gasteiger partial charge in [0, 0.05) is 64.8 Å². The molecule has 1 N–H and O–H groups in total. The first-order chi connectivity index (χ1) is 25.8. The number of anilines is 3. The summed E-state index contributed by atoms with van der Waals surface area (Å²) in [4.78, 5) is 6.37. The summed E-state index contributed by atoms with van der Waals surface area (Å²) in [6, 6.07) is 57.9. The summed E-state index contributed by atoms with van der Waals surface area (Å²) in [7, 11) is 0.864. The standard InChI is InChI=1S/C46H28BN3S2/c1-3-13-27(14-4-1)49(28-15-5-2-6-16-28)29-25-35(30-19-11-20-33-41(30)48-42-31-17-7-9-23-38(31)51-45(33)42)40-37(26-29)50-43-34(21-12-22-36(43)47-40)46-44(50)32-18-8-10-24-39(32)52-46/h1-26,47-48H. The average Bonchev–Trinajstić information content (AvgIpc) is 3.95. The maximum Gasteiger partial charge on any atom is 0.198 e. The van der Waals surface area contributed by atoms with Crippen LogP contribution in [0.3, 0.4) is 0 Å². The van der Waals surface area contributed by atoms with Crippen molar-refractivity contribution in [2.45, 2.75) is 0 Å². The summed E-state index contributed by atoms with van der Waals surface area (Å²) in [6.45, 7) is 0. The second-order valence-electron chi connectivity index (χ2n) is 13.8. The van der Waals surface area contributed by atoms with E-state index in [4.69, 9.17) is 0 Å². The number of fused-ring (bicyclic) bond motifs is 12. The van der Waals surface area contributed by atoms with Crippen LogP contribution in [0.25, 0.3) is 79.2 Å². The third-order valence-corrected chi connectivity index (χ3v) is 13.3. The van der Waals surface area contributed by atoms with Gasteiger partial charge in [0.25, 0.3) is 0 Å². The topological polar surface area (TPSA) is 24.0 Å². The van der Waals surface area contributed by atoms with Crippen molar-refractivity contribution in [2.75, 3.05) is 4.90 Å². The van der Waals surface area contributed by atoms with Gasteiger partial charge in [-0.15, -0.1) is 22.7 Å². The molecule has 0 atom stereocenters. The molecule has 0 spiro atoms. The number of hydrogen-bond acceptors (Lipinski definition) is 3. The number of nitrogens with zero attached hydrogens (tertiary/aromatic N) is 2. The predicted molar refractivity (Wildman–Crippen MR) is 227 cm³/mol. The van der Waals surface area contributed by atoms with Crippen LogP contribution in [0.2, 0.25) is 0 Å². The summed E-state index contributed by atoms with van der Waals surface area (Å²) in [5, 5.41) is 5.22. The molecule has 0 amide bonds. The molecule has 0 aliphatic carbocycles. The predicted octanol–water partition coefficient (Wildman–Crippen LogP) is 11.7. The van der Waals surface area contributed by atoms with E-state index in [2.05, 4.69) is 172 Å². The van der Waals surface area contributed by atoms with Crippen LogP contribution in [0, 0.1) is 0 Å². The molecule has 6 heteroatoms. The van der Waals surface area contributed by atoms with E-state index in [9.17, 15) is 0 Å². The molecule has 11 aromatic rings. The minimum atomic E-state index is 0.864. The highest BCUT2D eigenvalue weighted by Gasteiger charge is 2.30. The van der Waals surface area contributed by atoms with Gasteiger partial charge in [-0.3, -0.25) is 0 Å². The van der Waals surface area contributed by atoms with Crippen molar-refractivity contribution in [3.63, 3.8) is 0 Å². The number of thiophene rings is 2. The molecule has 242 valence electrons. The third kappa shape index (κ3) is 3.91. The van der Waals surface area contributed by atoms with Gasteiger partial charge in [0.2, 0.25) is 0 Å². The lowest BCUT2D eigenvalue weighted by Gasteiger charge is -2.30. The molecule has 12 rings (SSSR count). The molecule has 52 heavy (non-hydrogen) atoms. The van der Waals surface area contributed by atoms with Gasteiger partial charge in [0.1, 0.15) is 0 Å². The molecule has 0 saturated heterocycles. The van der Waals surface area contributed by atoms with Crippen molar-refractivity contribution in [3.05, 3.63) is 158 Å². The molecule has 0 saturated carbocycles. The fourth-order valence-corrected chi connectivity index (χ4v) is 11.1. The van der Waals surface area contributed by atoms with Gasteiger partial charge >= 0.3 is 0 Å². The second kappa shape index (κ2) is 10.7. The first kappa shape index (κ1) is 28.6. The van der Waals surface area contributed by atoms with E-state index in [0.29, 0.717) is 0 Å². The Kier molecular flexibility index (Phi) is 5.90. The Morgan fingerprint density at radius 1 is 0.481 bits per heavy atom. The molecule has 7 aromatic carbocycles. The zero-order valence-electron chi connectivity index (χ0n) is 27.9. The Morgan fingerprint density at radius 2 is 1.12 bits per heavy atom. The maximum absolute atomic E-state index is 3.96. The van der Waals surface area contributed by atoms with Crippen LogP contribution in [0.15, 0.2) is 158 Å². The summed E-state index contributed by atoms with van der Waals surface area (Å²) in [6.07, 6.45) is 0. The van der Waals surface area contributed by atoms with E-state index in [0.717, 1.165) is 24.3 Å². The number of H-pyrrole nitrogens is 1. The summed E-state index contributed by atoms with van der Waals surface area (Å²) in [5.41, 5.74) is 14.9. The lowest BCUT2D eigenvalue weighted by atomic mass is 9.59. The number of aromatic amines is 1. The number of hydrogen-bond donors (Lipinski definition) is 1. The Hall–Kier alpha value is -6.08. The van der Waals surface area contributed by atoms with Crippen molar-refractivity contribution in [3.8, 4) is 16.8 Å². The Balaban J connectivity index is 1.23. The lowest BCUT2D eigenvalue weighted by molar-refractivity contribution is 1.19. The molecule has 0 radical (unpaired) electrons. The zero-order chi connectivity index (χ0) is 33.9. The van der Waals surface area contributed by atoms with Gasteiger partial charge in [0.05, 0.1) is 25.9 Å². The molecule has 0 unspecified atom stereocenters. The summed E-state index contributed by atoms with van der Waals surface area (Å²) < 4.78 is 7.92. The molecule has 0 bridgehead atoms. The first-order valence-corrected chi connectivity index (χ1v) is 19.4. The van der Waals surface area contributed by atoms with Gasteiger partial charge in [-0.25, -0.2) is 0 Å². The highest BCUT2D eigenvalue weighted by atomic mass is 32.1. The monoisotopic (exact) mass is 697 g/mol. The van der Waals surface area contributed by atoms with Crippen molar-refractivity contribution in [1.82, 2.24) is 9.55 Å². The quantitative estimate of drug-likeness (QED) is 0.182. The average molecular weight is 698 g/mol. The molecule has 1 aliphatic rings. The maximum atomic E-state index is 3.96. The van der Waals surface area contributed by atoms with Gasteiger partial charge in [-0.05, 0) is 59.6 Å². The van der Waals surface area contributed by atoms with Crippen molar-refractivity contribution in [1.29, 1.82) is 0 Å². The Labute approximate surface area is 307 Å². The van der Waals surface area contributed by atoms with Crippen LogP contribution in [-0.2, 0) is 0 Å². The lowest BCUT2D eigenvalue weighted by Crippen LogP contribution is -2.37. The zero-order valence-corrected chi connectivity index (χ0v) is 29.6. The molecular weight excluding hydrogens is 669 g/mol. The number of benzene rings is 7. The largest absolute Gasteiger partial charge is 0.353 e. The fraction of sp³-hybridized carbons (Fsp3) is 0. The van der Waals surface area contributed by atoms with E-state index in [1.165, 1.54) is 90.2 Å². The van der Waals surface area contributed by atoms with E-state index in [-0.39, 0.29) is 0 Å². The normalized spacial score (nSPS) is 12.4. The number of para-hydroxylation sites is 4. The molecule has 1 aliphatic heterocycles. The van der Waals surface area contributed by atoms with E-state index >= 15 is 0 Å². The number of nitrogens with one attached hydrogen (secondary N) is 1. The second-order valence-corrected chi connectivity index (χ2v) is 15.9. The SMILES string of the molecule is B1c2c(-c3cccc4c3[nH]c3c5ccccc5sc43)cc(N(c3ccccc3)c3ccccc3)cc2-n2c3c1cccc3c1sc3ccccc3c12. The van der Waals surface area contributed by atoms with Crippen molar-refractivity contribution < 1.29 is 0 Å². The molecule has 3 nitrogen and oxygen atoms in total. The Bertz CT molecular complexity index is 3180. The Morgan fingerprint density at radius 3 is 1.90 bits per heavy atom. The third-order valence-electron chi connectivity index (χ3n) is 10.9. The van der Waals surface area contributed by atoms with Crippen LogP contribution >= 0.6 is 22.7 Å². The van der Waals surface area contributed by atoms with Gasteiger partial charge in [0.15, 0.2) is 7.28 Å². The highest BCUT2D eigenvalue weighted by Crippen LogP contribution is 2.46. The van der Waals surface area contributed by atoms with Crippen LogP contribution < -0.4 is 15.8 Å². The van der Waals surface area contributed by atoms with Crippen LogP contribution in [0.4, 0.5) is 17.1 Å². The van der Waals surface area contributed by atoms with Gasteiger partial charge in [-0.2, -0.15) is 0 Å². The van der Waals surface area contributed by atoms with E-state index < -0.39 is 0 Å². The van der Waals surface area contributed by atoms with Crippen LogP contribution in [-0.4, -0.2) is 16.8 Å². The molecule has 5 heterocycles. The summed E-state index contributed by atoms with van der Waals surface area (Å²) >= 11 is 3.80. The van der Waals surface area contributed by atoms with E-state index in [1.54, 1.807) is 0 Å². The molecular formula is C46H28BN3S2. The fourth-order valence-electron chi connectivity index (χ4n) is 8.74. The van der Waals surface area contributed by atoms with E-state index in [1.807, 2.05) is 22.7 Å². The van der Waals surface area contributed by atoms with Crippen LogP contribution in [0.5, 0.6) is 0 Å².